The second kappa shape index (κ2) is 13.7. The molecule has 1 aliphatic heterocycles. The van der Waals surface area contributed by atoms with Crippen molar-refractivity contribution in [3.05, 3.63) is 88.4 Å². The number of nitrogens with two attached hydrogens (primary N) is 1. The number of para-hydroxylation sites is 1. The van der Waals surface area contributed by atoms with Crippen molar-refractivity contribution in [1.82, 2.24) is 10.9 Å². The first-order chi connectivity index (χ1) is 19.7. The molecule has 0 spiro atoms. The molecule has 0 saturated carbocycles. The number of rotatable bonds is 8. The van der Waals surface area contributed by atoms with E-state index >= 15 is 0 Å². The lowest BCUT2D eigenvalue weighted by Crippen LogP contribution is -2.44. The molecule has 3 rings (SSSR count). The van der Waals surface area contributed by atoms with Crippen LogP contribution in [0, 0.1) is 17.2 Å². The van der Waals surface area contributed by atoms with Gasteiger partial charge in [-0.25, -0.2) is 19.8 Å². The van der Waals surface area contributed by atoms with Gasteiger partial charge in [-0.05, 0) is 30.0 Å². The minimum absolute atomic E-state index is 0.0264. The highest BCUT2D eigenvalue weighted by atomic mass is 16.6. The molecule has 0 saturated heterocycles. The van der Waals surface area contributed by atoms with Crippen LogP contribution >= 0.6 is 0 Å². The van der Waals surface area contributed by atoms with Gasteiger partial charge in [0.05, 0.1) is 55.2 Å². The highest BCUT2D eigenvalue weighted by Crippen LogP contribution is 2.43. The molecule has 0 aromatic heterocycles. The van der Waals surface area contributed by atoms with Gasteiger partial charge < -0.3 is 19.9 Å². The van der Waals surface area contributed by atoms with E-state index in [2.05, 4.69) is 10.9 Å². The van der Waals surface area contributed by atoms with Crippen molar-refractivity contribution >= 4 is 29.6 Å². The minimum Gasteiger partial charge on any atom is -0.466 e. The van der Waals surface area contributed by atoms with Crippen LogP contribution in [-0.4, -0.2) is 44.8 Å². The molecule has 0 bridgehead atoms. The van der Waals surface area contributed by atoms with E-state index < -0.39 is 29.9 Å². The molecule has 2 amide bonds. The van der Waals surface area contributed by atoms with Gasteiger partial charge in [-0.15, -0.1) is 0 Å². The Morgan fingerprint density at radius 2 is 1.61 bits per heavy atom. The molecular weight excluding hydrogens is 530 g/mol. The van der Waals surface area contributed by atoms with Crippen LogP contribution in [0.2, 0.25) is 0 Å². The van der Waals surface area contributed by atoms with Crippen molar-refractivity contribution in [2.75, 3.05) is 25.7 Å². The SMILES string of the molecule is COC(=O)C1=C(C(=O)OC)N(c2ccccc2C(=O)NNC(=O)OCCC(C)C)C(N)=C(C#N)C1c1ccccc1. The quantitative estimate of drug-likeness (QED) is 0.247. The maximum atomic E-state index is 13.3. The van der Waals surface area contributed by atoms with E-state index in [0.717, 1.165) is 19.1 Å². The second-order valence-electron chi connectivity index (χ2n) is 9.25. The van der Waals surface area contributed by atoms with Crippen molar-refractivity contribution in [3.8, 4) is 6.07 Å². The van der Waals surface area contributed by atoms with Crippen LogP contribution in [0.5, 0.6) is 0 Å². The van der Waals surface area contributed by atoms with Crippen molar-refractivity contribution < 1.29 is 33.4 Å². The van der Waals surface area contributed by atoms with E-state index in [0.29, 0.717) is 17.9 Å². The number of methoxy groups -OCH3 is 2. The lowest BCUT2D eigenvalue weighted by atomic mass is 9.80. The van der Waals surface area contributed by atoms with Crippen LogP contribution in [-0.2, 0) is 23.8 Å². The van der Waals surface area contributed by atoms with Gasteiger partial charge in [0.25, 0.3) is 5.91 Å². The molecule has 214 valence electrons. The summed E-state index contributed by atoms with van der Waals surface area (Å²) in [6.07, 6.45) is -0.226. The zero-order valence-electron chi connectivity index (χ0n) is 23.1. The van der Waals surface area contributed by atoms with Gasteiger partial charge in [-0.3, -0.25) is 15.1 Å². The first-order valence-corrected chi connectivity index (χ1v) is 12.6. The summed E-state index contributed by atoms with van der Waals surface area (Å²) in [5, 5.41) is 10.2. The number of hydrazine groups is 1. The van der Waals surface area contributed by atoms with Crippen molar-refractivity contribution in [1.29, 1.82) is 5.26 Å². The predicted molar refractivity (Wildman–Crippen MR) is 147 cm³/mol. The van der Waals surface area contributed by atoms with E-state index in [4.69, 9.17) is 19.9 Å². The van der Waals surface area contributed by atoms with E-state index in [1.165, 1.54) is 12.1 Å². The number of allylic oxidation sites excluding steroid dienone is 1. The Hall–Kier alpha value is -5.31. The lowest BCUT2D eigenvalue weighted by Gasteiger charge is -2.36. The number of hydrogen-bond acceptors (Lipinski definition) is 10. The highest BCUT2D eigenvalue weighted by molar-refractivity contribution is 6.08. The normalized spacial score (nSPS) is 14.7. The highest BCUT2D eigenvalue weighted by Gasteiger charge is 2.43. The van der Waals surface area contributed by atoms with Crippen LogP contribution in [0.1, 0.15) is 42.1 Å². The number of ether oxygens (including phenoxy) is 3. The monoisotopic (exact) mass is 561 g/mol. The maximum absolute atomic E-state index is 13.3. The zero-order chi connectivity index (χ0) is 30.1. The average molecular weight is 562 g/mol. The number of nitriles is 1. The number of benzene rings is 2. The minimum atomic E-state index is -1.07. The molecule has 12 nitrogen and oxygen atoms in total. The molecule has 0 radical (unpaired) electrons. The van der Waals surface area contributed by atoms with Gasteiger partial charge in [0.2, 0.25) is 0 Å². The van der Waals surface area contributed by atoms with Gasteiger partial charge in [-0.2, -0.15) is 5.26 Å². The van der Waals surface area contributed by atoms with Crippen molar-refractivity contribution in [3.63, 3.8) is 0 Å². The summed E-state index contributed by atoms with van der Waals surface area (Å²) in [5.74, 6) is -3.62. The Bertz CT molecular complexity index is 1430. The van der Waals surface area contributed by atoms with E-state index in [1.807, 2.05) is 19.9 Å². The number of anilines is 1. The number of hydrogen-bond donors (Lipinski definition) is 3. The largest absolute Gasteiger partial charge is 0.466 e. The first kappa shape index (κ1) is 30.2. The number of amides is 2. The number of carbonyl (C=O) groups is 4. The maximum Gasteiger partial charge on any atom is 0.426 e. The number of nitrogens with zero attached hydrogens (tertiary/aromatic N) is 2. The Balaban J connectivity index is 2.14. The Kier molecular flexibility index (Phi) is 10.1. The fraction of sp³-hybridized carbons (Fsp3) is 0.276. The molecule has 1 atom stereocenters. The van der Waals surface area contributed by atoms with Gasteiger partial charge in [0, 0.05) is 0 Å². The average Bonchev–Trinajstić information content (AvgIpc) is 2.98. The molecule has 41 heavy (non-hydrogen) atoms. The molecular formula is C29H31N5O7. The molecule has 12 heteroatoms. The molecule has 2 aromatic carbocycles. The Labute approximate surface area is 237 Å². The summed E-state index contributed by atoms with van der Waals surface area (Å²) in [6.45, 7) is 4.11. The van der Waals surface area contributed by atoms with Crippen LogP contribution in [0.4, 0.5) is 10.5 Å². The van der Waals surface area contributed by atoms with Crippen LogP contribution in [0.25, 0.3) is 0 Å². The van der Waals surface area contributed by atoms with E-state index in [-0.39, 0.29) is 40.5 Å². The Morgan fingerprint density at radius 1 is 0.976 bits per heavy atom. The molecule has 1 heterocycles. The van der Waals surface area contributed by atoms with E-state index in [9.17, 15) is 24.4 Å². The number of nitrogens with one attached hydrogen (secondary N) is 2. The topological polar surface area (TPSA) is 173 Å². The number of esters is 2. The third-order valence-corrected chi connectivity index (χ3v) is 6.21. The fourth-order valence-electron chi connectivity index (χ4n) is 4.22. The number of carbonyl (C=O) groups excluding carboxylic acids is 4. The summed E-state index contributed by atoms with van der Waals surface area (Å²) in [5.41, 5.74) is 10.8. The third kappa shape index (κ3) is 6.65. The Morgan fingerprint density at radius 3 is 2.22 bits per heavy atom. The smallest absolute Gasteiger partial charge is 0.426 e. The summed E-state index contributed by atoms with van der Waals surface area (Å²) in [4.78, 5) is 52.8. The van der Waals surface area contributed by atoms with Crippen LogP contribution < -0.4 is 21.5 Å². The van der Waals surface area contributed by atoms with Gasteiger partial charge in [-0.1, -0.05) is 56.3 Å². The van der Waals surface area contributed by atoms with Crippen molar-refractivity contribution in [2.24, 2.45) is 11.7 Å². The standard InChI is InChI=1S/C29H31N5O7/c1-17(2)14-15-41-29(38)33-32-26(35)19-12-8-9-13-21(19)34-24(28(37)40-4)23(27(36)39-3)22(20(16-30)25(34)31)18-10-6-5-7-11-18/h5-13,17,22H,14-15,31H2,1-4H3,(H,32,35)(H,33,38). The molecule has 2 aromatic rings. The predicted octanol–water partition coefficient (Wildman–Crippen LogP) is 3.00. The lowest BCUT2D eigenvalue weighted by molar-refractivity contribution is -0.139. The third-order valence-electron chi connectivity index (χ3n) is 6.21. The zero-order valence-corrected chi connectivity index (χ0v) is 23.1. The van der Waals surface area contributed by atoms with Crippen LogP contribution in [0.3, 0.4) is 0 Å². The van der Waals surface area contributed by atoms with Crippen molar-refractivity contribution in [2.45, 2.75) is 26.2 Å². The molecule has 1 aliphatic rings. The summed E-state index contributed by atoms with van der Waals surface area (Å²) < 4.78 is 15.1. The molecule has 1 unspecified atom stereocenters. The fourth-order valence-corrected chi connectivity index (χ4v) is 4.22. The second-order valence-corrected chi connectivity index (χ2v) is 9.25. The van der Waals surface area contributed by atoms with Gasteiger partial charge in [0.1, 0.15) is 11.5 Å². The van der Waals surface area contributed by atoms with Crippen LogP contribution in [0.15, 0.2) is 77.3 Å². The first-order valence-electron chi connectivity index (χ1n) is 12.6. The summed E-state index contributed by atoms with van der Waals surface area (Å²) in [7, 11) is 2.25. The van der Waals surface area contributed by atoms with Gasteiger partial charge in [0.15, 0.2) is 0 Å². The summed E-state index contributed by atoms with van der Waals surface area (Å²) in [6, 6.07) is 16.5. The molecule has 0 aliphatic carbocycles. The summed E-state index contributed by atoms with van der Waals surface area (Å²) >= 11 is 0. The molecule has 0 fully saturated rings. The van der Waals surface area contributed by atoms with E-state index in [1.54, 1.807) is 42.5 Å². The van der Waals surface area contributed by atoms with Gasteiger partial charge >= 0.3 is 18.0 Å². The molecule has 4 N–H and O–H groups in total.